The third-order valence-corrected chi connectivity index (χ3v) is 11.4. The topological polar surface area (TPSA) is 155 Å². The van der Waals surface area contributed by atoms with E-state index in [1.54, 1.807) is 0 Å². The van der Waals surface area contributed by atoms with E-state index in [4.69, 9.17) is 29.4 Å². The first-order valence-electron chi connectivity index (χ1n) is 23.9. The van der Waals surface area contributed by atoms with Crippen LogP contribution in [0.1, 0.15) is 226 Å². The maximum absolute atomic E-state index is 12.6. The molecule has 3 atom stereocenters. The maximum Gasteiger partial charge on any atom is 0.472 e. The number of allylic oxidation sites excluding steroid dienone is 4. The molecule has 0 amide bonds. The van der Waals surface area contributed by atoms with Gasteiger partial charge in [0.2, 0.25) is 0 Å². The second kappa shape index (κ2) is 43.5. The molecule has 0 bridgehead atoms. The quantitative estimate of drug-likeness (QED) is 0.0233. The summed E-state index contributed by atoms with van der Waals surface area (Å²) >= 11 is 0. The van der Waals surface area contributed by atoms with E-state index in [9.17, 15) is 19.0 Å². The van der Waals surface area contributed by atoms with E-state index in [0.717, 1.165) is 57.8 Å². The van der Waals surface area contributed by atoms with Crippen molar-refractivity contribution in [1.29, 1.82) is 0 Å². The van der Waals surface area contributed by atoms with Crippen LogP contribution in [0.4, 0.5) is 0 Å². The van der Waals surface area contributed by atoms with Gasteiger partial charge >= 0.3 is 19.8 Å². The molecule has 58 heavy (non-hydrogen) atoms. The SMILES string of the molecule is CCCCCC/C=C\C/C=C\CCCCCCCC(=O)OC(COCCCCCCCCCCCCCCCCCCCCCC)COP(=O)(O)OCC(N)C(=O)O. The molecule has 0 radical (unpaired) electrons. The van der Waals surface area contributed by atoms with Gasteiger partial charge in [-0.15, -0.1) is 0 Å². The molecule has 0 aromatic heterocycles. The van der Waals surface area contributed by atoms with Gasteiger partial charge < -0.3 is 25.2 Å². The van der Waals surface area contributed by atoms with Crippen LogP contribution >= 0.6 is 7.82 Å². The molecule has 0 aliphatic heterocycles. The molecule has 0 spiro atoms. The number of hydrogen-bond acceptors (Lipinski definition) is 8. The molecule has 0 aromatic carbocycles. The zero-order valence-corrected chi connectivity index (χ0v) is 38.3. The monoisotopic (exact) mass is 844 g/mol. The van der Waals surface area contributed by atoms with Crippen molar-refractivity contribution in [2.75, 3.05) is 26.4 Å². The van der Waals surface area contributed by atoms with Gasteiger partial charge in [-0.3, -0.25) is 18.6 Å². The Morgan fingerprint density at radius 1 is 0.552 bits per heavy atom. The van der Waals surface area contributed by atoms with E-state index in [0.29, 0.717) is 13.0 Å². The Morgan fingerprint density at radius 3 is 1.41 bits per heavy atom. The summed E-state index contributed by atoms with van der Waals surface area (Å²) in [6.45, 7) is 3.89. The van der Waals surface area contributed by atoms with Crippen molar-refractivity contribution in [3.05, 3.63) is 24.3 Å². The van der Waals surface area contributed by atoms with Crippen LogP contribution in [-0.2, 0) is 32.7 Å². The lowest BCUT2D eigenvalue weighted by molar-refractivity contribution is -0.154. The summed E-state index contributed by atoms with van der Waals surface area (Å²) in [6, 6.07) is -1.47. The molecule has 0 aliphatic carbocycles. The molecule has 0 aromatic rings. The molecule has 0 saturated carbocycles. The summed E-state index contributed by atoms with van der Waals surface area (Å²) in [5.41, 5.74) is 5.36. The van der Waals surface area contributed by atoms with Gasteiger partial charge in [0.05, 0.1) is 19.8 Å². The van der Waals surface area contributed by atoms with E-state index >= 15 is 0 Å². The second-order valence-corrected chi connectivity index (χ2v) is 17.7. The Bertz CT molecular complexity index is 1020. The highest BCUT2D eigenvalue weighted by molar-refractivity contribution is 7.47. The minimum atomic E-state index is -4.62. The molecule has 0 saturated heterocycles. The average Bonchev–Trinajstić information content (AvgIpc) is 3.20. The van der Waals surface area contributed by atoms with Crippen LogP contribution in [0.3, 0.4) is 0 Å². The van der Waals surface area contributed by atoms with Crippen molar-refractivity contribution >= 4 is 19.8 Å². The minimum Gasteiger partial charge on any atom is -0.480 e. The third-order valence-electron chi connectivity index (χ3n) is 10.5. The molecular formula is C47H90NO9P. The molecule has 0 aliphatic rings. The van der Waals surface area contributed by atoms with Crippen molar-refractivity contribution in [3.8, 4) is 0 Å². The fraction of sp³-hybridized carbons (Fsp3) is 0.872. The van der Waals surface area contributed by atoms with Gasteiger partial charge in [0, 0.05) is 13.0 Å². The van der Waals surface area contributed by atoms with Crippen LogP contribution in [0.15, 0.2) is 24.3 Å². The highest BCUT2D eigenvalue weighted by Gasteiger charge is 2.27. The Balaban J connectivity index is 4.16. The summed E-state index contributed by atoms with van der Waals surface area (Å²) in [4.78, 5) is 33.6. The second-order valence-electron chi connectivity index (χ2n) is 16.2. The number of carbonyl (C=O) groups excluding carboxylic acids is 1. The number of hydrogen-bond donors (Lipinski definition) is 3. The van der Waals surface area contributed by atoms with Crippen molar-refractivity contribution < 1.29 is 42.7 Å². The van der Waals surface area contributed by atoms with Crippen molar-refractivity contribution in [3.63, 3.8) is 0 Å². The Kier molecular flexibility index (Phi) is 42.4. The van der Waals surface area contributed by atoms with Crippen molar-refractivity contribution in [1.82, 2.24) is 0 Å². The molecule has 0 fully saturated rings. The summed E-state index contributed by atoms with van der Waals surface area (Å²) in [5.74, 6) is -1.78. The molecule has 0 rings (SSSR count). The summed E-state index contributed by atoms with van der Waals surface area (Å²) in [5, 5.41) is 8.91. The van der Waals surface area contributed by atoms with Gasteiger partial charge in [-0.25, -0.2) is 4.57 Å². The van der Waals surface area contributed by atoms with E-state index in [2.05, 4.69) is 38.2 Å². The van der Waals surface area contributed by atoms with Gasteiger partial charge in [-0.1, -0.05) is 199 Å². The number of nitrogens with two attached hydrogens (primary N) is 1. The highest BCUT2D eigenvalue weighted by atomic mass is 31.2. The minimum absolute atomic E-state index is 0.0156. The molecular weight excluding hydrogens is 753 g/mol. The number of phosphoric acid groups is 1. The Morgan fingerprint density at radius 2 is 0.948 bits per heavy atom. The van der Waals surface area contributed by atoms with Crippen LogP contribution in [0.2, 0.25) is 0 Å². The standard InChI is InChI=1S/C47H90NO9P/c1-3-5-7-9-11-13-15-17-19-21-22-23-24-26-28-30-32-34-36-38-40-54-41-44(42-55-58(52,53)56-43-45(48)47(50)51)57-46(49)39-37-35-33-31-29-27-25-20-18-16-14-12-10-8-6-4-2/h14,16,20,25,44-45H,3-13,15,17-19,21-24,26-43,48H2,1-2H3,(H,50,51)(H,52,53)/b16-14-,25-20-. The number of ether oxygens (including phenoxy) is 2. The summed E-state index contributed by atoms with van der Waals surface area (Å²) < 4.78 is 33.4. The van der Waals surface area contributed by atoms with Crippen LogP contribution < -0.4 is 5.73 Å². The molecule has 4 N–H and O–H groups in total. The van der Waals surface area contributed by atoms with Crippen molar-refractivity contribution in [2.24, 2.45) is 5.73 Å². The molecule has 0 heterocycles. The van der Waals surface area contributed by atoms with Gasteiger partial charge in [-0.2, -0.15) is 0 Å². The predicted octanol–water partition coefficient (Wildman–Crippen LogP) is 13.5. The first-order chi connectivity index (χ1) is 28.2. The van der Waals surface area contributed by atoms with Crippen molar-refractivity contribution in [2.45, 2.75) is 238 Å². The Hall–Kier alpha value is -1.55. The number of carbonyl (C=O) groups is 2. The van der Waals surface area contributed by atoms with Crippen LogP contribution in [-0.4, -0.2) is 60.5 Å². The van der Waals surface area contributed by atoms with Gasteiger partial charge in [0.25, 0.3) is 0 Å². The van der Waals surface area contributed by atoms with Crippen LogP contribution in [0, 0.1) is 0 Å². The van der Waals surface area contributed by atoms with Gasteiger partial charge in [0.1, 0.15) is 12.1 Å². The van der Waals surface area contributed by atoms with E-state index < -0.39 is 45.1 Å². The highest BCUT2D eigenvalue weighted by Crippen LogP contribution is 2.43. The number of carboxylic acid groups (broad SMARTS) is 1. The lowest BCUT2D eigenvalue weighted by Gasteiger charge is -2.20. The normalized spacial score (nSPS) is 14.0. The molecule has 11 heteroatoms. The first kappa shape index (κ1) is 56.5. The predicted molar refractivity (Wildman–Crippen MR) is 240 cm³/mol. The lowest BCUT2D eigenvalue weighted by atomic mass is 10.0. The zero-order valence-electron chi connectivity index (χ0n) is 37.4. The summed E-state index contributed by atoms with van der Waals surface area (Å²) in [6.07, 6.45) is 48.0. The lowest BCUT2D eigenvalue weighted by Crippen LogP contribution is -2.34. The number of aliphatic carboxylic acids is 1. The van der Waals surface area contributed by atoms with Gasteiger partial charge in [-0.05, 0) is 44.9 Å². The molecule has 3 unspecified atom stereocenters. The molecule has 342 valence electrons. The largest absolute Gasteiger partial charge is 0.480 e. The molecule has 10 nitrogen and oxygen atoms in total. The third kappa shape index (κ3) is 42.6. The summed E-state index contributed by atoms with van der Waals surface area (Å²) in [7, 11) is -4.62. The smallest absolute Gasteiger partial charge is 0.472 e. The average molecular weight is 844 g/mol. The van der Waals surface area contributed by atoms with Crippen LogP contribution in [0.25, 0.3) is 0 Å². The van der Waals surface area contributed by atoms with E-state index in [1.165, 1.54) is 141 Å². The number of phosphoric ester groups is 1. The maximum atomic E-state index is 12.6. The number of carboxylic acids is 1. The van der Waals surface area contributed by atoms with Crippen LogP contribution in [0.5, 0.6) is 0 Å². The number of unbranched alkanes of at least 4 members (excludes halogenated alkanes) is 28. The van der Waals surface area contributed by atoms with E-state index in [-0.39, 0.29) is 13.0 Å². The first-order valence-corrected chi connectivity index (χ1v) is 25.4. The zero-order chi connectivity index (χ0) is 42.6. The fourth-order valence-corrected chi connectivity index (χ4v) is 7.53. The fourth-order valence-electron chi connectivity index (χ4n) is 6.75. The number of esters is 1. The van der Waals surface area contributed by atoms with Gasteiger partial charge in [0.15, 0.2) is 0 Å². The van der Waals surface area contributed by atoms with E-state index in [1.807, 2.05) is 0 Å². The number of rotatable bonds is 46. The Labute approximate surface area is 355 Å².